The zero-order valence-electron chi connectivity index (χ0n) is 19.7. The second-order valence-electron chi connectivity index (χ2n) is 10.3. The van der Waals surface area contributed by atoms with Crippen LogP contribution in [0.15, 0.2) is 40.9 Å². The lowest BCUT2D eigenvalue weighted by molar-refractivity contribution is 0.0902. The molecule has 3 fully saturated rings. The molecule has 2 heterocycles. The van der Waals surface area contributed by atoms with Gasteiger partial charge in [0.1, 0.15) is 5.76 Å². The van der Waals surface area contributed by atoms with Crippen LogP contribution in [-0.2, 0) is 16.4 Å². The minimum Gasteiger partial charge on any atom is -0.360 e. The molecule has 7 nitrogen and oxygen atoms in total. The van der Waals surface area contributed by atoms with Crippen molar-refractivity contribution in [1.82, 2.24) is 14.8 Å². The minimum absolute atomic E-state index is 0.0941. The lowest BCUT2D eigenvalue weighted by Gasteiger charge is -2.39. The predicted molar refractivity (Wildman–Crippen MR) is 130 cm³/mol. The Morgan fingerprint density at radius 2 is 1.82 bits per heavy atom. The van der Waals surface area contributed by atoms with Gasteiger partial charge >= 0.3 is 0 Å². The van der Waals surface area contributed by atoms with Crippen LogP contribution in [0.25, 0.3) is 0 Å². The number of nitrogens with one attached hydrogen (secondary N) is 1. The summed E-state index contributed by atoms with van der Waals surface area (Å²) < 4.78 is 34.1. The monoisotopic (exact) mass is 485 g/mol. The molecule has 8 heteroatoms. The first-order chi connectivity index (χ1) is 16.5. The second-order valence-corrected chi connectivity index (χ2v) is 12.3. The smallest absolute Gasteiger partial charge is 0.273 e. The van der Waals surface area contributed by atoms with Gasteiger partial charge in [-0.2, -0.15) is 4.31 Å². The lowest BCUT2D eigenvalue weighted by Crippen LogP contribution is -2.53. The minimum atomic E-state index is -3.36. The summed E-state index contributed by atoms with van der Waals surface area (Å²) in [5.41, 5.74) is 1.43. The zero-order chi connectivity index (χ0) is 23.5. The van der Waals surface area contributed by atoms with Crippen molar-refractivity contribution in [2.45, 2.75) is 82.2 Å². The second kappa shape index (κ2) is 10.2. The maximum atomic E-state index is 13.5. The van der Waals surface area contributed by atoms with Crippen molar-refractivity contribution in [3.63, 3.8) is 0 Å². The molecule has 1 aromatic heterocycles. The summed E-state index contributed by atoms with van der Waals surface area (Å²) in [6.07, 6.45) is 9.52. The predicted octanol–water partition coefficient (Wildman–Crippen LogP) is 4.27. The topological polar surface area (TPSA) is 92.5 Å². The molecule has 184 valence electrons. The number of carbonyl (C=O) groups excluding carboxylic acids is 1. The molecule has 2 saturated carbocycles. The van der Waals surface area contributed by atoms with Gasteiger partial charge in [0.15, 0.2) is 5.69 Å². The van der Waals surface area contributed by atoms with E-state index >= 15 is 0 Å². The lowest BCUT2D eigenvalue weighted by atomic mass is 9.91. The molecule has 34 heavy (non-hydrogen) atoms. The molecule has 2 atom stereocenters. The number of rotatable bonds is 8. The Balaban J connectivity index is 1.28. The number of hydrogen-bond donors (Lipinski definition) is 1. The molecule has 0 bridgehead atoms. The van der Waals surface area contributed by atoms with Crippen molar-refractivity contribution in [3.8, 4) is 0 Å². The van der Waals surface area contributed by atoms with Gasteiger partial charge in [-0.15, -0.1) is 0 Å². The Labute approximate surface area is 202 Å². The fourth-order valence-corrected chi connectivity index (χ4v) is 7.68. The van der Waals surface area contributed by atoms with Crippen LogP contribution in [0, 0.1) is 5.92 Å². The van der Waals surface area contributed by atoms with Gasteiger partial charge in [-0.25, -0.2) is 8.42 Å². The van der Waals surface area contributed by atoms with Gasteiger partial charge in [0.05, 0.1) is 5.75 Å². The van der Waals surface area contributed by atoms with E-state index in [9.17, 15) is 13.2 Å². The van der Waals surface area contributed by atoms with Crippen molar-refractivity contribution >= 4 is 15.9 Å². The van der Waals surface area contributed by atoms with Gasteiger partial charge < -0.3 is 9.84 Å². The van der Waals surface area contributed by atoms with Gasteiger partial charge in [0, 0.05) is 30.6 Å². The molecule has 0 radical (unpaired) electrons. The van der Waals surface area contributed by atoms with Crippen molar-refractivity contribution in [3.05, 3.63) is 53.4 Å². The van der Waals surface area contributed by atoms with Gasteiger partial charge in [0.25, 0.3) is 5.91 Å². The number of aromatic nitrogens is 1. The van der Waals surface area contributed by atoms with E-state index in [1.54, 1.807) is 10.4 Å². The summed E-state index contributed by atoms with van der Waals surface area (Å²) in [7, 11) is -3.36. The fourth-order valence-electron chi connectivity index (χ4n) is 5.56. The van der Waals surface area contributed by atoms with Crippen LogP contribution in [0.1, 0.15) is 85.5 Å². The van der Waals surface area contributed by atoms with Crippen molar-refractivity contribution in [1.29, 1.82) is 0 Å². The van der Waals surface area contributed by atoms with Crippen molar-refractivity contribution in [2.24, 2.45) is 5.92 Å². The number of hydrogen-bond acceptors (Lipinski definition) is 5. The van der Waals surface area contributed by atoms with Crippen LogP contribution in [-0.4, -0.2) is 48.2 Å². The zero-order valence-corrected chi connectivity index (χ0v) is 20.5. The van der Waals surface area contributed by atoms with Crippen molar-refractivity contribution in [2.75, 3.05) is 12.3 Å². The highest BCUT2D eigenvalue weighted by Crippen LogP contribution is 2.40. The van der Waals surface area contributed by atoms with E-state index in [4.69, 9.17) is 4.52 Å². The standard InChI is InChI=1S/C26H35N3O4S/c30-26(24-17-25(33-28-24)21-11-12-21)27-22-13-14-29(23(16-22)15-19-7-3-1-4-8-19)34(31,32)18-20-9-5-2-6-10-20/h1,3-4,7-8,17,20-23H,2,5-6,9-16,18H2,(H,27,30)/t22-,23-/m0/s1. The molecule has 0 unspecified atom stereocenters. The first kappa shape index (κ1) is 23.5. The molecule has 5 rings (SSSR count). The van der Waals surface area contributed by atoms with Gasteiger partial charge in [0.2, 0.25) is 10.0 Å². The number of piperidine rings is 1. The summed E-state index contributed by atoms with van der Waals surface area (Å²) in [5, 5.41) is 7.05. The average molecular weight is 486 g/mol. The summed E-state index contributed by atoms with van der Waals surface area (Å²) in [5.74, 6) is 1.47. The number of sulfonamides is 1. The Hall–Kier alpha value is -2.19. The first-order valence-electron chi connectivity index (χ1n) is 12.8. The highest BCUT2D eigenvalue weighted by atomic mass is 32.2. The number of benzene rings is 1. The molecule has 3 aliphatic rings. The Morgan fingerprint density at radius 3 is 2.56 bits per heavy atom. The SMILES string of the molecule is O=C(N[C@H]1CCN(S(=O)(=O)CC2CCCCC2)[C@@H](Cc2ccccc2)C1)c1cc(C2CC2)on1. The summed E-state index contributed by atoms with van der Waals surface area (Å²) in [6, 6.07) is 11.5. The molecular weight excluding hydrogens is 450 g/mol. The van der Waals surface area contributed by atoms with E-state index in [1.165, 1.54) is 6.42 Å². The highest BCUT2D eigenvalue weighted by molar-refractivity contribution is 7.89. The molecule has 1 amide bonds. The van der Waals surface area contributed by atoms with E-state index in [0.29, 0.717) is 37.4 Å². The third kappa shape index (κ3) is 5.71. The highest BCUT2D eigenvalue weighted by Gasteiger charge is 2.38. The van der Waals surface area contributed by atoms with E-state index in [-0.39, 0.29) is 29.7 Å². The molecule has 2 aliphatic carbocycles. The van der Waals surface area contributed by atoms with Gasteiger partial charge in [-0.05, 0) is 56.4 Å². The van der Waals surface area contributed by atoms with Gasteiger partial charge in [-0.1, -0.05) is 54.8 Å². The Kier molecular flexibility index (Phi) is 7.06. The van der Waals surface area contributed by atoms with E-state index in [2.05, 4.69) is 10.5 Å². The van der Waals surface area contributed by atoms with E-state index in [1.807, 2.05) is 30.3 Å². The number of carbonyl (C=O) groups is 1. The van der Waals surface area contributed by atoms with Crippen LogP contribution in [0.4, 0.5) is 0 Å². The summed E-state index contributed by atoms with van der Waals surface area (Å²) >= 11 is 0. The quantitative estimate of drug-likeness (QED) is 0.603. The number of amides is 1. The van der Waals surface area contributed by atoms with Crippen LogP contribution in [0.5, 0.6) is 0 Å². The molecule has 1 saturated heterocycles. The molecule has 0 spiro atoms. The normalized spacial score (nSPS) is 24.7. The van der Waals surface area contributed by atoms with E-state index < -0.39 is 10.0 Å². The van der Waals surface area contributed by atoms with Gasteiger partial charge in [-0.3, -0.25) is 4.79 Å². The summed E-state index contributed by atoms with van der Waals surface area (Å²) in [6.45, 7) is 0.434. The molecule has 1 N–H and O–H groups in total. The average Bonchev–Trinajstić information content (AvgIpc) is 3.56. The molecular formula is C26H35N3O4S. The Morgan fingerprint density at radius 1 is 1.06 bits per heavy atom. The first-order valence-corrected chi connectivity index (χ1v) is 14.4. The summed E-state index contributed by atoms with van der Waals surface area (Å²) in [4.78, 5) is 12.8. The third-order valence-electron chi connectivity index (χ3n) is 7.58. The van der Waals surface area contributed by atoms with Crippen LogP contribution in [0.3, 0.4) is 0 Å². The largest absolute Gasteiger partial charge is 0.360 e. The maximum Gasteiger partial charge on any atom is 0.273 e. The number of nitrogens with zero attached hydrogens (tertiary/aromatic N) is 2. The van der Waals surface area contributed by atoms with Crippen LogP contribution in [0.2, 0.25) is 0 Å². The molecule has 1 aromatic carbocycles. The molecule has 2 aromatic rings. The molecule has 1 aliphatic heterocycles. The van der Waals surface area contributed by atoms with E-state index in [0.717, 1.165) is 49.8 Å². The third-order valence-corrected chi connectivity index (χ3v) is 9.67. The van der Waals surface area contributed by atoms with Crippen LogP contribution >= 0.6 is 0 Å². The fraction of sp³-hybridized carbons (Fsp3) is 0.615. The van der Waals surface area contributed by atoms with Crippen molar-refractivity contribution < 1.29 is 17.7 Å². The van der Waals surface area contributed by atoms with Crippen LogP contribution < -0.4 is 5.32 Å². The maximum absolute atomic E-state index is 13.5. The Bertz CT molecular complexity index is 1070.